The lowest BCUT2D eigenvalue weighted by atomic mass is 9.94. The average Bonchev–Trinajstić information content (AvgIpc) is 2.59. The molecule has 0 saturated heterocycles. The third-order valence-corrected chi connectivity index (χ3v) is 4.27. The molecule has 1 aromatic carbocycles. The van der Waals surface area contributed by atoms with E-state index in [1.165, 1.54) is 20.5 Å². The van der Waals surface area contributed by atoms with Crippen molar-refractivity contribution in [1.82, 2.24) is 0 Å². The van der Waals surface area contributed by atoms with E-state index in [0.29, 0.717) is 0 Å². The van der Waals surface area contributed by atoms with E-state index < -0.39 is 0 Å². The van der Waals surface area contributed by atoms with Gasteiger partial charge in [0.15, 0.2) is 0 Å². The summed E-state index contributed by atoms with van der Waals surface area (Å²) in [7, 11) is 0. The standard InChI is InChI=1S/C14H18S/c1-5-10-6-7-12-11(8-10)9-13(15-12)14(2,3)4/h6-9H,5H2,1-4H3. The number of rotatable bonds is 1. The normalized spacial score (nSPS) is 12.3. The monoisotopic (exact) mass is 218 g/mol. The van der Waals surface area contributed by atoms with Gasteiger partial charge in [-0.1, -0.05) is 39.8 Å². The van der Waals surface area contributed by atoms with Gasteiger partial charge in [0.2, 0.25) is 0 Å². The Morgan fingerprint density at radius 2 is 1.87 bits per heavy atom. The Labute approximate surface area is 95.9 Å². The third kappa shape index (κ3) is 2.07. The van der Waals surface area contributed by atoms with Gasteiger partial charge < -0.3 is 0 Å². The molecule has 15 heavy (non-hydrogen) atoms. The van der Waals surface area contributed by atoms with Crippen LogP contribution in [-0.4, -0.2) is 0 Å². The average molecular weight is 218 g/mol. The first-order valence-electron chi connectivity index (χ1n) is 5.53. The van der Waals surface area contributed by atoms with Crippen LogP contribution in [0, 0.1) is 0 Å². The van der Waals surface area contributed by atoms with Gasteiger partial charge in [0.05, 0.1) is 0 Å². The summed E-state index contributed by atoms with van der Waals surface area (Å²) < 4.78 is 1.41. The van der Waals surface area contributed by atoms with Crippen LogP contribution in [0.15, 0.2) is 24.3 Å². The Morgan fingerprint density at radius 3 is 2.47 bits per heavy atom. The maximum absolute atomic E-state index is 2.35. The number of hydrogen-bond donors (Lipinski definition) is 0. The van der Waals surface area contributed by atoms with Crippen LogP contribution in [0.5, 0.6) is 0 Å². The first-order valence-corrected chi connectivity index (χ1v) is 6.35. The zero-order valence-corrected chi connectivity index (χ0v) is 10.7. The summed E-state index contributed by atoms with van der Waals surface area (Å²) in [6.45, 7) is 9.04. The number of aryl methyl sites for hydroxylation is 1. The molecule has 1 heteroatoms. The van der Waals surface area contributed by atoms with Crippen LogP contribution >= 0.6 is 11.3 Å². The van der Waals surface area contributed by atoms with Gasteiger partial charge in [-0.3, -0.25) is 0 Å². The molecule has 2 aromatic rings. The molecule has 0 spiro atoms. The largest absolute Gasteiger partial charge is 0.140 e. The van der Waals surface area contributed by atoms with Crippen molar-refractivity contribution in [3.05, 3.63) is 34.7 Å². The van der Waals surface area contributed by atoms with E-state index >= 15 is 0 Å². The zero-order valence-electron chi connectivity index (χ0n) is 9.92. The van der Waals surface area contributed by atoms with Gasteiger partial charge in [0.25, 0.3) is 0 Å². The van der Waals surface area contributed by atoms with E-state index in [1.807, 2.05) is 11.3 Å². The fourth-order valence-corrected chi connectivity index (χ4v) is 2.78. The molecule has 0 unspecified atom stereocenters. The van der Waals surface area contributed by atoms with Crippen LogP contribution in [0.3, 0.4) is 0 Å². The lowest BCUT2D eigenvalue weighted by molar-refractivity contribution is 0.604. The van der Waals surface area contributed by atoms with Crippen LogP contribution in [0.1, 0.15) is 38.1 Å². The predicted molar refractivity (Wildman–Crippen MR) is 69.9 cm³/mol. The molecular formula is C14H18S. The molecule has 0 nitrogen and oxygen atoms in total. The molecule has 0 saturated carbocycles. The van der Waals surface area contributed by atoms with Gasteiger partial charge in [-0.15, -0.1) is 11.3 Å². The number of fused-ring (bicyclic) bond motifs is 1. The van der Waals surface area contributed by atoms with Gasteiger partial charge in [0.1, 0.15) is 0 Å². The van der Waals surface area contributed by atoms with Crippen molar-refractivity contribution < 1.29 is 0 Å². The molecule has 0 amide bonds. The second-order valence-corrected chi connectivity index (χ2v) is 6.17. The summed E-state index contributed by atoms with van der Waals surface area (Å²) in [5.41, 5.74) is 1.71. The Hall–Kier alpha value is -0.820. The van der Waals surface area contributed by atoms with Crippen molar-refractivity contribution >= 4 is 21.4 Å². The Bertz CT molecular complexity index is 472. The molecule has 0 atom stereocenters. The molecule has 2 rings (SSSR count). The fraction of sp³-hybridized carbons (Fsp3) is 0.429. The summed E-state index contributed by atoms with van der Waals surface area (Å²) >= 11 is 1.92. The van der Waals surface area contributed by atoms with Crippen LogP contribution in [-0.2, 0) is 11.8 Å². The Morgan fingerprint density at radius 1 is 1.13 bits per heavy atom. The van der Waals surface area contributed by atoms with Crippen molar-refractivity contribution in [2.24, 2.45) is 0 Å². The number of benzene rings is 1. The molecule has 0 radical (unpaired) electrons. The number of thiophene rings is 1. The van der Waals surface area contributed by atoms with Crippen LogP contribution in [0.2, 0.25) is 0 Å². The fourth-order valence-electron chi connectivity index (χ4n) is 1.68. The summed E-state index contributed by atoms with van der Waals surface area (Å²) in [5.74, 6) is 0. The minimum atomic E-state index is 0.274. The lowest BCUT2D eigenvalue weighted by Gasteiger charge is -2.14. The van der Waals surface area contributed by atoms with Crippen molar-refractivity contribution in [2.75, 3.05) is 0 Å². The van der Waals surface area contributed by atoms with E-state index in [4.69, 9.17) is 0 Å². The highest BCUT2D eigenvalue weighted by Gasteiger charge is 2.16. The molecule has 80 valence electrons. The summed E-state index contributed by atoms with van der Waals surface area (Å²) in [6.07, 6.45) is 1.12. The lowest BCUT2D eigenvalue weighted by Crippen LogP contribution is -2.07. The van der Waals surface area contributed by atoms with Crippen LogP contribution in [0.4, 0.5) is 0 Å². The topological polar surface area (TPSA) is 0 Å². The maximum Gasteiger partial charge on any atom is 0.0346 e. The molecule has 0 aliphatic rings. The second kappa shape index (κ2) is 3.64. The second-order valence-electron chi connectivity index (χ2n) is 5.09. The van der Waals surface area contributed by atoms with E-state index in [1.54, 1.807) is 0 Å². The van der Waals surface area contributed by atoms with Crippen LogP contribution < -0.4 is 0 Å². The van der Waals surface area contributed by atoms with Gasteiger partial charge in [-0.05, 0) is 34.9 Å². The predicted octanol–water partition coefficient (Wildman–Crippen LogP) is 4.76. The van der Waals surface area contributed by atoms with Crippen molar-refractivity contribution in [2.45, 2.75) is 39.5 Å². The zero-order chi connectivity index (χ0) is 11.1. The Kier molecular flexibility index (Phi) is 2.59. The molecule has 0 N–H and O–H groups in total. The Balaban J connectivity index is 2.56. The van der Waals surface area contributed by atoms with Gasteiger partial charge >= 0.3 is 0 Å². The molecule has 0 aliphatic heterocycles. The third-order valence-electron chi connectivity index (χ3n) is 2.73. The quantitative estimate of drug-likeness (QED) is 0.647. The van der Waals surface area contributed by atoms with E-state index in [0.717, 1.165) is 6.42 Å². The first-order chi connectivity index (χ1) is 7.00. The van der Waals surface area contributed by atoms with Gasteiger partial charge in [0, 0.05) is 9.58 Å². The van der Waals surface area contributed by atoms with Gasteiger partial charge in [-0.25, -0.2) is 0 Å². The molecule has 0 bridgehead atoms. The molecule has 0 fully saturated rings. The molecule has 0 aliphatic carbocycles. The highest BCUT2D eigenvalue weighted by Crippen LogP contribution is 2.34. The van der Waals surface area contributed by atoms with Crippen molar-refractivity contribution in [1.29, 1.82) is 0 Å². The molecular weight excluding hydrogens is 200 g/mol. The maximum atomic E-state index is 2.35. The van der Waals surface area contributed by atoms with Crippen LogP contribution in [0.25, 0.3) is 10.1 Å². The SMILES string of the molecule is CCc1ccc2sc(C(C)(C)C)cc2c1. The highest BCUT2D eigenvalue weighted by molar-refractivity contribution is 7.19. The first kappa shape index (κ1) is 10.7. The smallest absolute Gasteiger partial charge is 0.0346 e. The van der Waals surface area contributed by atoms with E-state index in [-0.39, 0.29) is 5.41 Å². The highest BCUT2D eigenvalue weighted by atomic mass is 32.1. The van der Waals surface area contributed by atoms with E-state index in [9.17, 15) is 0 Å². The molecule has 1 aromatic heterocycles. The minimum absolute atomic E-state index is 0.274. The summed E-state index contributed by atoms with van der Waals surface area (Å²) in [4.78, 5) is 1.48. The number of hydrogen-bond acceptors (Lipinski definition) is 1. The van der Waals surface area contributed by atoms with Crippen molar-refractivity contribution in [3.8, 4) is 0 Å². The van der Waals surface area contributed by atoms with Gasteiger partial charge in [-0.2, -0.15) is 0 Å². The minimum Gasteiger partial charge on any atom is -0.140 e. The summed E-state index contributed by atoms with van der Waals surface area (Å²) in [6, 6.07) is 9.17. The molecule has 1 heterocycles. The summed E-state index contributed by atoms with van der Waals surface area (Å²) in [5, 5.41) is 1.41. The van der Waals surface area contributed by atoms with E-state index in [2.05, 4.69) is 52.0 Å². The van der Waals surface area contributed by atoms with Crippen molar-refractivity contribution in [3.63, 3.8) is 0 Å².